The van der Waals surface area contributed by atoms with Crippen LogP contribution in [0.2, 0.25) is 0 Å². The number of aryl methyl sites for hydroxylation is 1. The van der Waals surface area contributed by atoms with E-state index in [-0.39, 0.29) is 11.9 Å². The summed E-state index contributed by atoms with van der Waals surface area (Å²) < 4.78 is 1.76. The maximum atomic E-state index is 11.8. The Morgan fingerprint density at radius 3 is 3.00 bits per heavy atom. The zero-order chi connectivity index (χ0) is 13.5. The van der Waals surface area contributed by atoms with Crippen molar-refractivity contribution in [2.45, 2.75) is 32.4 Å². The van der Waals surface area contributed by atoms with Crippen LogP contribution in [0.4, 0.5) is 0 Å². The minimum Gasteiger partial charge on any atom is -0.353 e. The van der Waals surface area contributed by atoms with Gasteiger partial charge in [0.1, 0.15) is 0 Å². The van der Waals surface area contributed by atoms with Crippen molar-refractivity contribution in [2.75, 3.05) is 0 Å². The van der Waals surface area contributed by atoms with Crippen molar-refractivity contribution in [1.82, 2.24) is 20.1 Å². The minimum absolute atomic E-state index is 0.0480. The number of carbonyl (C=O) groups is 1. The molecule has 0 bridgehead atoms. The molecule has 0 fully saturated rings. The number of amides is 1. The fourth-order valence-electron chi connectivity index (χ4n) is 1.92. The molecule has 0 aliphatic heterocycles. The van der Waals surface area contributed by atoms with Crippen molar-refractivity contribution in [3.05, 3.63) is 48.5 Å². The Labute approximate surface area is 112 Å². The molecule has 2 aromatic heterocycles. The summed E-state index contributed by atoms with van der Waals surface area (Å²) in [6.07, 6.45) is 8.37. The van der Waals surface area contributed by atoms with Crippen LogP contribution in [0.25, 0.3) is 0 Å². The molecule has 1 amide bonds. The highest BCUT2D eigenvalue weighted by atomic mass is 16.1. The van der Waals surface area contributed by atoms with Gasteiger partial charge in [-0.2, -0.15) is 5.10 Å². The molecule has 2 rings (SSSR count). The van der Waals surface area contributed by atoms with Gasteiger partial charge in [0.2, 0.25) is 5.91 Å². The van der Waals surface area contributed by atoms with E-state index in [1.165, 1.54) is 0 Å². The van der Waals surface area contributed by atoms with Gasteiger partial charge in [-0.1, -0.05) is 6.07 Å². The SMILES string of the molecule is CC(Cc1cccnc1)NC(=O)CCn1cccn1. The van der Waals surface area contributed by atoms with Gasteiger partial charge in [-0.05, 0) is 31.0 Å². The lowest BCUT2D eigenvalue weighted by atomic mass is 10.1. The highest BCUT2D eigenvalue weighted by Crippen LogP contribution is 2.01. The summed E-state index contributed by atoms with van der Waals surface area (Å²) in [7, 11) is 0. The quantitative estimate of drug-likeness (QED) is 0.852. The molecule has 5 nitrogen and oxygen atoms in total. The Hall–Kier alpha value is -2.17. The summed E-state index contributed by atoms with van der Waals surface area (Å²) in [5.41, 5.74) is 1.13. The van der Waals surface area contributed by atoms with Crippen LogP contribution in [0.15, 0.2) is 43.0 Å². The van der Waals surface area contributed by atoms with Gasteiger partial charge in [-0.3, -0.25) is 14.5 Å². The van der Waals surface area contributed by atoms with Gasteiger partial charge >= 0.3 is 0 Å². The summed E-state index contributed by atoms with van der Waals surface area (Å²) >= 11 is 0. The Balaban J connectivity index is 1.72. The van der Waals surface area contributed by atoms with E-state index in [0.717, 1.165) is 12.0 Å². The van der Waals surface area contributed by atoms with Crippen molar-refractivity contribution >= 4 is 5.91 Å². The first kappa shape index (κ1) is 13.3. The molecule has 0 aliphatic rings. The minimum atomic E-state index is 0.0480. The second-order valence-corrected chi connectivity index (χ2v) is 4.55. The van der Waals surface area contributed by atoms with E-state index in [1.54, 1.807) is 17.1 Å². The lowest BCUT2D eigenvalue weighted by molar-refractivity contribution is -0.121. The number of carbonyl (C=O) groups excluding carboxylic acids is 1. The monoisotopic (exact) mass is 258 g/mol. The van der Waals surface area contributed by atoms with Crippen LogP contribution < -0.4 is 5.32 Å². The lowest BCUT2D eigenvalue weighted by Crippen LogP contribution is -2.34. The molecule has 0 radical (unpaired) electrons. The standard InChI is InChI=1S/C14H18N4O/c1-12(10-13-4-2-6-15-11-13)17-14(19)5-9-18-8-3-7-16-18/h2-4,6-8,11-12H,5,9-10H2,1H3,(H,17,19). The summed E-state index contributed by atoms with van der Waals surface area (Å²) in [6.45, 7) is 2.61. The van der Waals surface area contributed by atoms with Crippen molar-refractivity contribution in [2.24, 2.45) is 0 Å². The van der Waals surface area contributed by atoms with Crippen molar-refractivity contribution in [3.63, 3.8) is 0 Å². The zero-order valence-electron chi connectivity index (χ0n) is 11.0. The molecular weight excluding hydrogens is 240 g/mol. The van der Waals surface area contributed by atoms with Crippen molar-refractivity contribution in [3.8, 4) is 0 Å². The summed E-state index contributed by atoms with van der Waals surface area (Å²) in [5, 5.41) is 7.05. The van der Waals surface area contributed by atoms with Gasteiger partial charge in [-0.15, -0.1) is 0 Å². The lowest BCUT2D eigenvalue weighted by Gasteiger charge is -2.13. The third kappa shape index (κ3) is 4.54. The number of rotatable bonds is 6. The largest absolute Gasteiger partial charge is 0.353 e. The van der Waals surface area contributed by atoms with Gasteiger partial charge in [0.25, 0.3) is 0 Å². The van der Waals surface area contributed by atoms with Gasteiger partial charge in [-0.25, -0.2) is 0 Å². The number of hydrogen-bond acceptors (Lipinski definition) is 3. The molecule has 1 unspecified atom stereocenters. The second kappa shape index (κ2) is 6.68. The fourth-order valence-corrected chi connectivity index (χ4v) is 1.92. The molecule has 2 heterocycles. The maximum absolute atomic E-state index is 11.8. The summed E-state index contributed by atoms with van der Waals surface area (Å²) in [4.78, 5) is 15.8. The summed E-state index contributed by atoms with van der Waals surface area (Å²) in [6, 6.07) is 5.87. The highest BCUT2D eigenvalue weighted by Gasteiger charge is 2.08. The van der Waals surface area contributed by atoms with E-state index >= 15 is 0 Å². The molecule has 0 saturated carbocycles. The van der Waals surface area contributed by atoms with Gasteiger partial charge in [0, 0.05) is 43.8 Å². The number of aromatic nitrogens is 3. The van der Waals surface area contributed by atoms with Crippen LogP contribution in [0.5, 0.6) is 0 Å². The molecule has 19 heavy (non-hydrogen) atoms. The van der Waals surface area contributed by atoms with Gasteiger partial charge in [0.15, 0.2) is 0 Å². The van der Waals surface area contributed by atoms with E-state index < -0.39 is 0 Å². The van der Waals surface area contributed by atoms with Crippen LogP contribution in [-0.2, 0) is 17.8 Å². The third-order valence-corrected chi connectivity index (χ3v) is 2.80. The first-order valence-electron chi connectivity index (χ1n) is 6.40. The van der Waals surface area contributed by atoms with E-state index in [2.05, 4.69) is 15.4 Å². The molecule has 0 saturated heterocycles. The van der Waals surface area contributed by atoms with Crippen LogP contribution in [0.3, 0.4) is 0 Å². The predicted octanol–water partition coefficient (Wildman–Crippen LogP) is 1.42. The molecule has 0 aliphatic carbocycles. The number of hydrogen-bond donors (Lipinski definition) is 1. The van der Waals surface area contributed by atoms with E-state index in [0.29, 0.717) is 13.0 Å². The Morgan fingerprint density at radius 2 is 2.32 bits per heavy atom. The normalized spacial score (nSPS) is 12.1. The number of nitrogens with zero attached hydrogens (tertiary/aromatic N) is 3. The fraction of sp³-hybridized carbons (Fsp3) is 0.357. The summed E-state index contributed by atoms with van der Waals surface area (Å²) in [5.74, 6) is 0.0480. The predicted molar refractivity (Wildman–Crippen MR) is 72.4 cm³/mol. The molecular formula is C14H18N4O. The highest BCUT2D eigenvalue weighted by molar-refractivity contribution is 5.76. The smallest absolute Gasteiger partial charge is 0.222 e. The van der Waals surface area contributed by atoms with Gasteiger partial charge < -0.3 is 5.32 Å². The molecule has 1 N–H and O–H groups in total. The third-order valence-electron chi connectivity index (χ3n) is 2.80. The van der Waals surface area contributed by atoms with Crippen molar-refractivity contribution < 1.29 is 4.79 Å². The van der Waals surface area contributed by atoms with Crippen LogP contribution in [0, 0.1) is 0 Å². The van der Waals surface area contributed by atoms with E-state index in [4.69, 9.17) is 0 Å². The molecule has 5 heteroatoms. The molecule has 0 aromatic carbocycles. The maximum Gasteiger partial charge on any atom is 0.222 e. The van der Waals surface area contributed by atoms with E-state index in [1.807, 2.05) is 37.5 Å². The Morgan fingerprint density at radius 1 is 1.42 bits per heavy atom. The molecule has 0 spiro atoms. The first-order valence-corrected chi connectivity index (χ1v) is 6.40. The molecule has 100 valence electrons. The van der Waals surface area contributed by atoms with Gasteiger partial charge in [0.05, 0.1) is 0 Å². The van der Waals surface area contributed by atoms with Crippen LogP contribution in [0.1, 0.15) is 18.9 Å². The van der Waals surface area contributed by atoms with Crippen LogP contribution in [-0.4, -0.2) is 26.7 Å². The van der Waals surface area contributed by atoms with Crippen LogP contribution >= 0.6 is 0 Å². The second-order valence-electron chi connectivity index (χ2n) is 4.55. The average molecular weight is 258 g/mol. The topological polar surface area (TPSA) is 59.8 Å². The molecule has 1 atom stereocenters. The average Bonchev–Trinajstić information content (AvgIpc) is 2.90. The van der Waals surface area contributed by atoms with E-state index in [9.17, 15) is 4.79 Å². The molecule has 2 aromatic rings. The van der Waals surface area contributed by atoms with Crippen molar-refractivity contribution in [1.29, 1.82) is 0 Å². The Kier molecular flexibility index (Phi) is 4.66. The Bertz CT molecular complexity index is 495. The zero-order valence-corrected chi connectivity index (χ0v) is 11.0. The first-order chi connectivity index (χ1) is 9.24. The number of pyridine rings is 1. The number of nitrogens with one attached hydrogen (secondary N) is 1.